The Hall–Kier alpha value is -1.19. The first-order valence-electron chi connectivity index (χ1n) is 8.18. The molecule has 0 atom stereocenters. The number of aldehydes is 1. The zero-order valence-corrected chi connectivity index (χ0v) is 12.8. The van der Waals surface area contributed by atoms with Crippen molar-refractivity contribution in [3.63, 3.8) is 0 Å². The van der Waals surface area contributed by atoms with Gasteiger partial charge in [0, 0.05) is 12.5 Å². The van der Waals surface area contributed by atoms with E-state index in [-0.39, 0.29) is 0 Å². The van der Waals surface area contributed by atoms with Crippen LogP contribution in [0.3, 0.4) is 0 Å². The standard InChI is InChI=1S/C16H27N3O/c1-3-5-6-13-7-9-14(10-8-13)16-15(12-20)17-18-19(16)11-4-2/h12-14H,3-11H2,1-2H3. The highest BCUT2D eigenvalue weighted by Crippen LogP contribution is 2.38. The van der Waals surface area contributed by atoms with Gasteiger partial charge in [-0.2, -0.15) is 0 Å². The molecule has 1 fully saturated rings. The summed E-state index contributed by atoms with van der Waals surface area (Å²) < 4.78 is 1.96. The lowest BCUT2D eigenvalue weighted by Crippen LogP contribution is -2.18. The SMILES string of the molecule is CCCCC1CCC(c2c(C=O)nnn2CCC)CC1. The molecular formula is C16H27N3O. The van der Waals surface area contributed by atoms with Crippen LogP contribution >= 0.6 is 0 Å². The van der Waals surface area contributed by atoms with E-state index in [4.69, 9.17) is 0 Å². The molecule has 0 aromatic carbocycles. The van der Waals surface area contributed by atoms with Crippen LogP contribution < -0.4 is 0 Å². The van der Waals surface area contributed by atoms with Gasteiger partial charge in [-0.3, -0.25) is 4.79 Å². The Morgan fingerprint density at radius 2 is 1.95 bits per heavy atom. The summed E-state index contributed by atoms with van der Waals surface area (Å²) in [7, 11) is 0. The molecule has 1 aromatic heterocycles. The summed E-state index contributed by atoms with van der Waals surface area (Å²) in [5.74, 6) is 1.37. The Balaban J connectivity index is 2.02. The van der Waals surface area contributed by atoms with Gasteiger partial charge in [0.2, 0.25) is 0 Å². The van der Waals surface area contributed by atoms with Gasteiger partial charge in [0.25, 0.3) is 0 Å². The fraction of sp³-hybridized carbons (Fsp3) is 0.812. The lowest BCUT2D eigenvalue weighted by Gasteiger charge is -2.28. The first kappa shape index (κ1) is 15.2. The average molecular weight is 277 g/mol. The minimum absolute atomic E-state index is 0.481. The molecule has 1 aromatic rings. The number of hydrogen-bond acceptors (Lipinski definition) is 3. The van der Waals surface area contributed by atoms with Crippen molar-refractivity contribution in [1.82, 2.24) is 15.0 Å². The maximum absolute atomic E-state index is 11.2. The topological polar surface area (TPSA) is 47.8 Å². The lowest BCUT2D eigenvalue weighted by atomic mass is 9.78. The summed E-state index contributed by atoms with van der Waals surface area (Å²) in [5, 5.41) is 8.20. The second-order valence-electron chi connectivity index (χ2n) is 6.06. The normalized spacial score (nSPS) is 22.9. The predicted octanol–water partition coefficient (Wildman–Crippen LogP) is 3.96. The largest absolute Gasteiger partial charge is 0.296 e. The molecular weight excluding hydrogens is 250 g/mol. The maximum Gasteiger partial charge on any atom is 0.172 e. The second-order valence-corrected chi connectivity index (χ2v) is 6.06. The molecule has 0 aliphatic heterocycles. The van der Waals surface area contributed by atoms with Crippen molar-refractivity contribution in [2.75, 3.05) is 0 Å². The fourth-order valence-electron chi connectivity index (χ4n) is 3.43. The minimum Gasteiger partial charge on any atom is -0.296 e. The molecule has 0 amide bonds. The molecule has 1 aliphatic carbocycles. The molecule has 112 valence electrons. The quantitative estimate of drug-likeness (QED) is 0.709. The molecule has 0 unspecified atom stereocenters. The van der Waals surface area contributed by atoms with Crippen molar-refractivity contribution in [3.05, 3.63) is 11.4 Å². The van der Waals surface area contributed by atoms with Gasteiger partial charge in [-0.25, -0.2) is 4.68 Å². The highest BCUT2D eigenvalue weighted by molar-refractivity contribution is 5.73. The third kappa shape index (κ3) is 3.47. The van der Waals surface area contributed by atoms with Gasteiger partial charge in [-0.15, -0.1) is 5.10 Å². The summed E-state index contributed by atoms with van der Waals surface area (Å²) in [4.78, 5) is 11.2. The molecule has 4 heteroatoms. The average Bonchev–Trinajstić information content (AvgIpc) is 2.89. The van der Waals surface area contributed by atoms with Crippen LogP contribution in [0.15, 0.2) is 0 Å². The number of carbonyl (C=O) groups excluding carboxylic acids is 1. The predicted molar refractivity (Wildman–Crippen MR) is 79.9 cm³/mol. The van der Waals surface area contributed by atoms with Gasteiger partial charge < -0.3 is 0 Å². The Morgan fingerprint density at radius 3 is 2.55 bits per heavy atom. The molecule has 1 heterocycles. The van der Waals surface area contributed by atoms with Crippen molar-refractivity contribution in [2.24, 2.45) is 5.92 Å². The third-order valence-corrected chi connectivity index (χ3v) is 4.55. The Kier molecular flexibility index (Phi) is 5.74. The number of hydrogen-bond donors (Lipinski definition) is 0. The van der Waals surface area contributed by atoms with Gasteiger partial charge in [-0.1, -0.05) is 38.3 Å². The summed E-state index contributed by atoms with van der Waals surface area (Å²) in [6.45, 7) is 5.26. The van der Waals surface area contributed by atoms with Crippen molar-refractivity contribution in [3.8, 4) is 0 Å². The molecule has 0 spiro atoms. The van der Waals surface area contributed by atoms with Crippen LogP contribution in [0, 0.1) is 5.92 Å². The van der Waals surface area contributed by atoms with Crippen molar-refractivity contribution >= 4 is 6.29 Å². The first-order valence-corrected chi connectivity index (χ1v) is 8.18. The van der Waals surface area contributed by atoms with E-state index in [1.807, 2.05) is 4.68 Å². The van der Waals surface area contributed by atoms with Crippen LogP contribution in [0.5, 0.6) is 0 Å². The second kappa shape index (κ2) is 7.55. The molecule has 0 bridgehead atoms. The zero-order chi connectivity index (χ0) is 14.4. The van der Waals surface area contributed by atoms with Gasteiger partial charge in [0.15, 0.2) is 6.29 Å². The van der Waals surface area contributed by atoms with Gasteiger partial charge in [0.05, 0.1) is 5.69 Å². The van der Waals surface area contributed by atoms with Crippen LogP contribution in [0.1, 0.15) is 87.3 Å². The molecule has 0 radical (unpaired) electrons. The van der Waals surface area contributed by atoms with Crippen molar-refractivity contribution in [2.45, 2.75) is 77.7 Å². The van der Waals surface area contributed by atoms with E-state index < -0.39 is 0 Å². The highest BCUT2D eigenvalue weighted by atomic mass is 16.1. The number of unbranched alkanes of at least 4 members (excludes halogenated alkanes) is 1. The molecule has 1 aliphatic rings. The third-order valence-electron chi connectivity index (χ3n) is 4.55. The Morgan fingerprint density at radius 1 is 1.20 bits per heavy atom. The monoisotopic (exact) mass is 277 g/mol. The number of nitrogens with zero attached hydrogens (tertiary/aromatic N) is 3. The molecule has 4 nitrogen and oxygen atoms in total. The molecule has 1 saturated carbocycles. The van der Waals surface area contributed by atoms with Crippen LogP contribution in [-0.4, -0.2) is 21.3 Å². The van der Waals surface area contributed by atoms with E-state index >= 15 is 0 Å². The number of carbonyl (C=O) groups is 1. The van der Waals surface area contributed by atoms with E-state index in [1.165, 1.54) is 44.9 Å². The van der Waals surface area contributed by atoms with E-state index in [0.717, 1.165) is 30.9 Å². The Labute approximate surface area is 121 Å². The van der Waals surface area contributed by atoms with E-state index in [0.29, 0.717) is 11.6 Å². The minimum atomic E-state index is 0.481. The van der Waals surface area contributed by atoms with Crippen LogP contribution in [0.2, 0.25) is 0 Å². The number of rotatable bonds is 7. The molecule has 2 rings (SSSR count). The van der Waals surface area contributed by atoms with Crippen LogP contribution in [0.25, 0.3) is 0 Å². The van der Waals surface area contributed by atoms with Gasteiger partial charge in [-0.05, 0) is 38.0 Å². The summed E-state index contributed by atoms with van der Waals surface area (Å²) in [5.41, 5.74) is 1.66. The maximum atomic E-state index is 11.2. The van der Waals surface area contributed by atoms with Crippen LogP contribution in [-0.2, 0) is 6.54 Å². The fourth-order valence-corrected chi connectivity index (χ4v) is 3.43. The first-order chi connectivity index (χ1) is 9.80. The summed E-state index contributed by atoms with van der Waals surface area (Å²) in [6, 6.07) is 0. The number of aromatic nitrogens is 3. The Bertz CT molecular complexity index is 419. The van der Waals surface area contributed by atoms with E-state index in [1.54, 1.807) is 0 Å². The van der Waals surface area contributed by atoms with Gasteiger partial charge in [0.1, 0.15) is 5.69 Å². The molecule has 0 N–H and O–H groups in total. The zero-order valence-electron chi connectivity index (χ0n) is 12.8. The lowest BCUT2D eigenvalue weighted by molar-refractivity contribution is 0.111. The van der Waals surface area contributed by atoms with Crippen molar-refractivity contribution < 1.29 is 4.79 Å². The number of aryl methyl sites for hydroxylation is 1. The highest BCUT2D eigenvalue weighted by Gasteiger charge is 2.27. The van der Waals surface area contributed by atoms with Crippen molar-refractivity contribution in [1.29, 1.82) is 0 Å². The molecule has 20 heavy (non-hydrogen) atoms. The van der Waals surface area contributed by atoms with Crippen LogP contribution in [0.4, 0.5) is 0 Å². The summed E-state index contributed by atoms with van der Waals surface area (Å²) >= 11 is 0. The van der Waals surface area contributed by atoms with E-state index in [2.05, 4.69) is 24.2 Å². The molecule has 0 saturated heterocycles. The van der Waals surface area contributed by atoms with E-state index in [9.17, 15) is 4.79 Å². The van der Waals surface area contributed by atoms with Gasteiger partial charge >= 0.3 is 0 Å². The summed E-state index contributed by atoms with van der Waals surface area (Å²) in [6.07, 6.45) is 10.9. The smallest absolute Gasteiger partial charge is 0.172 e.